The molecule has 2 aromatic carbocycles. The number of benzene rings is 2. The van der Waals surface area contributed by atoms with Crippen LogP contribution in [0.1, 0.15) is 15.9 Å². The molecule has 0 atom stereocenters. The van der Waals surface area contributed by atoms with Crippen molar-refractivity contribution < 1.29 is 14.3 Å². The normalized spacial score (nSPS) is 10.5. The van der Waals surface area contributed by atoms with Crippen LogP contribution < -0.4 is 5.32 Å². The second kappa shape index (κ2) is 6.27. The Morgan fingerprint density at radius 1 is 1.26 bits per heavy atom. The van der Waals surface area contributed by atoms with Gasteiger partial charge in [0.05, 0.1) is 5.56 Å². The molecule has 23 heavy (non-hydrogen) atoms. The summed E-state index contributed by atoms with van der Waals surface area (Å²) < 4.78 is 13.6. The zero-order chi connectivity index (χ0) is 16.2. The smallest absolute Gasteiger partial charge is 0.254 e. The molecule has 0 fully saturated rings. The lowest BCUT2D eigenvalue weighted by molar-refractivity contribution is 0.0947. The monoisotopic (exact) mass is 312 g/mol. The third-order valence-corrected chi connectivity index (χ3v) is 3.27. The van der Waals surface area contributed by atoms with Gasteiger partial charge < -0.3 is 10.4 Å². The summed E-state index contributed by atoms with van der Waals surface area (Å²) in [5.74, 6) is -0.910. The number of carbonyl (C=O) groups excluding carboxylic acids is 1. The van der Waals surface area contributed by atoms with Gasteiger partial charge in [0.25, 0.3) is 5.91 Å². The molecule has 116 valence electrons. The van der Waals surface area contributed by atoms with E-state index in [1.54, 1.807) is 0 Å². The van der Waals surface area contributed by atoms with Crippen molar-refractivity contribution in [3.05, 3.63) is 65.7 Å². The Morgan fingerprint density at radius 3 is 2.87 bits per heavy atom. The van der Waals surface area contributed by atoms with Crippen molar-refractivity contribution in [1.82, 2.24) is 20.5 Å². The first-order valence-corrected chi connectivity index (χ1v) is 6.85. The fraction of sp³-hybridized carbons (Fsp3) is 0.0625. The van der Waals surface area contributed by atoms with E-state index in [4.69, 9.17) is 5.11 Å². The van der Waals surface area contributed by atoms with Crippen molar-refractivity contribution in [2.45, 2.75) is 6.54 Å². The molecule has 0 radical (unpaired) electrons. The van der Waals surface area contributed by atoms with E-state index in [-0.39, 0.29) is 17.9 Å². The van der Waals surface area contributed by atoms with E-state index in [1.165, 1.54) is 18.5 Å². The molecule has 0 aliphatic carbocycles. The third kappa shape index (κ3) is 3.34. The number of carbonyl (C=O) groups is 1. The average molecular weight is 312 g/mol. The van der Waals surface area contributed by atoms with Crippen LogP contribution in [0.5, 0.6) is 5.75 Å². The SMILES string of the molecule is O=C(NCc1cccc(-c2ncn[nH]2)c1)c1ccc(O)cc1F. The Hall–Kier alpha value is -3.22. The summed E-state index contributed by atoms with van der Waals surface area (Å²) in [5, 5.41) is 18.4. The van der Waals surface area contributed by atoms with E-state index in [9.17, 15) is 9.18 Å². The molecule has 0 spiro atoms. The summed E-state index contributed by atoms with van der Waals surface area (Å²) in [5.41, 5.74) is 1.56. The van der Waals surface area contributed by atoms with E-state index >= 15 is 0 Å². The van der Waals surface area contributed by atoms with Crippen molar-refractivity contribution >= 4 is 5.91 Å². The highest BCUT2D eigenvalue weighted by atomic mass is 19.1. The maximum absolute atomic E-state index is 13.6. The maximum atomic E-state index is 13.6. The number of H-pyrrole nitrogens is 1. The molecule has 3 rings (SSSR count). The van der Waals surface area contributed by atoms with Crippen molar-refractivity contribution in [3.63, 3.8) is 0 Å². The van der Waals surface area contributed by atoms with Gasteiger partial charge in [-0.1, -0.05) is 18.2 Å². The summed E-state index contributed by atoms with van der Waals surface area (Å²) in [6.45, 7) is 0.237. The first-order valence-electron chi connectivity index (χ1n) is 6.85. The van der Waals surface area contributed by atoms with E-state index in [0.717, 1.165) is 17.2 Å². The molecule has 0 aliphatic heterocycles. The number of nitrogens with zero attached hydrogens (tertiary/aromatic N) is 2. The van der Waals surface area contributed by atoms with Crippen LogP contribution >= 0.6 is 0 Å². The molecule has 0 bridgehead atoms. The lowest BCUT2D eigenvalue weighted by Crippen LogP contribution is -2.23. The largest absolute Gasteiger partial charge is 0.508 e. The van der Waals surface area contributed by atoms with Gasteiger partial charge in [-0.25, -0.2) is 9.37 Å². The summed E-state index contributed by atoms with van der Waals surface area (Å²) in [6.07, 6.45) is 1.41. The molecule has 0 aliphatic rings. The van der Waals surface area contributed by atoms with Gasteiger partial charge in [-0.15, -0.1) is 0 Å². The van der Waals surface area contributed by atoms with Gasteiger partial charge in [0, 0.05) is 18.2 Å². The number of aromatic nitrogens is 3. The fourth-order valence-corrected chi connectivity index (χ4v) is 2.14. The minimum atomic E-state index is -0.766. The van der Waals surface area contributed by atoms with Crippen LogP contribution in [0.2, 0.25) is 0 Å². The zero-order valence-corrected chi connectivity index (χ0v) is 12.0. The standard InChI is InChI=1S/C16H13FN4O2/c17-14-7-12(22)4-5-13(14)16(23)18-8-10-2-1-3-11(6-10)15-19-9-20-21-15/h1-7,9,22H,8H2,(H,18,23)(H,19,20,21). The number of halogens is 1. The number of nitrogens with one attached hydrogen (secondary N) is 2. The Kier molecular flexibility index (Phi) is 4.01. The van der Waals surface area contributed by atoms with Gasteiger partial charge in [0.1, 0.15) is 17.9 Å². The van der Waals surface area contributed by atoms with E-state index in [2.05, 4.69) is 20.5 Å². The molecule has 1 aromatic heterocycles. The lowest BCUT2D eigenvalue weighted by atomic mass is 10.1. The molecule has 6 nitrogen and oxygen atoms in total. The van der Waals surface area contributed by atoms with Crippen molar-refractivity contribution in [3.8, 4) is 17.1 Å². The first-order chi connectivity index (χ1) is 11.1. The molecule has 3 N–H and O–H groups in total. The highest BCUT2D eigenvalue weighted by Crippen LogP contribution is 2.17. The molecule has 1 amide bonds. The van der Waals surface area contributed by atoms with Gasteiger partial charge in [0.15, 0.2) is 5.82 Å². The fourth-order valence-electron chi connectivity index (χ4n) is 2.14. The highest BCUT2D eigenvalue weighted by molar-refractivity contribution is 5.94. The van der Waals surface area contributed by atoms with Gasteiger partial charge in [-0.2, -0.15) is 5.10 Å². The summed E-state index contributed by atoms with van der Waals surface area (Å²) in [4.78, 5) is 16.1. The third-order valence-electron chi connectivity index (χ3n) is 3.27. The van der Waals surface area contributed by atoms with Gasteiger partial charge >= 0.3 is 0 Å². The van der Waals surface area contributed by atoms with Crippen LogP contribution in [-0.2, 0) is 6.54 Å². The number of phenolic OH excluding ortho intramolecular Hbond substituents is 1. The van der Waals surface area contributed by atoms with E-state index < -0.39 is 11.7 Å². The van der Waals surface area contributed by atoms with Crippen molar-refractivity contribution in [2.75, 3.05) is 0 Å². The second-order valence-electron chi connectivity index (χ2n) is 4.88. The first kappa shape index (κ1) is 14.7. The Balaban J connectivity index is 1.71. The van der Waals surface area contributed by atoms with Crippen LogP contribution in [-0.4, -0.2) is 26.2 Å². The van der Waals surface area contributed by atoms with Crippen LogP contribution in [0, 0.1) is 5.82 Å². The second-order valence-corrected chi connectivity index (χ2v) is 4.88. The predicted molar refractivity (Wildman–Crippen MR) is 81.1 cm³/mol. The number of hydrogen-bond donors (Lipinski definition) is 3. The van der Waals surface area contributed by atoms with Crippen LogP contribution in [0.4, 0.5) is 4.39 Å². The maximum Gasteiger partial charge on any atom is 0.254 e. The Labute approximate surface area is 131 Å². The molecular formula is C16H13FN4O2. The molecular weight excluding hydrogens is 299 g/mol. The number of aromatic amines is 1. The van der Waals surface area contributed by atoms with E-state index in [1.807, 2.05) is 24.3 Å². The van der Waals surface area contributed by atoms with Crippen molar-refractivity contribution in [2.24, 2.45) is 0 Å². The molecule has 0 unspecified atom stereocenters. The summed E-state index contributed by atoms with van der Waals surface area (Å²) in [7, 11) is 0. The lowest BCUT2D eigenvalue weighted by Gasteiger charge is -2.07. The predicted octanol–water partition coefficient (Wildman–Crippen LogP) is 2.25. The minimum absolute atomic E-state index is 0.116. The molecule has 0 saturated heterocycles. The molecule has 7 heteroatoms. The van der Waals surface area contributed by atoms with Crippen LogP contribution in [0.3, 0.4) is 0 Å². The summed E-state index contributed by atoms with van der Waals surface area (Å²) >= 11 is 0. The molecule has 3 aromatic rings. The van der Waals surface area contributed by atoms with Crippen LogP contribution in [0.25, 0.3) is 11.4 Å². The van der Waals surface area contributed by atoms with Gasteiger partial charge in [-0.05, 0) is 23.8 Å². The Morgan fingerprint density at radius 2 is 2.13 bits per heavy atom. The van der Waals surface area contributed by atoms with E-state index in [0.29, 0.717) is 5.82 Å². The van der Waals surface area contributed by atoms with Gasteiger partial charge in [0.2, 0.25) is 0 Å². The molecule has 1 heterocycles. The number of amides is 1. The quantitative estimate of drug-likeness (QED) is 0.689. The highest BCUT2D eigenvalue weighted by Gasteiger charge is 2.12. The zero-order valence-electron chi connectivity index (χ0n) is 12.0. The van der Waals surface area contributed by atoms with Crippen molar-refractivity contribution in [1.29, 1.82) is 0 Å². The molecule has 0 saturated carbocycles. The number of rotatable bonds is 4. The minimum Gasteiger partial charge on any atom is -0.508 e. The number of aromatic hydroxyl groups is 1. The number of phenols is 1. The summed E-state index contributed by atoms with van der Waals surface area (Å²) in [6, 6.07) is 10.8. The average Bonchev–Trinajstić information content (AvgIpc) is 3.07. The van der Waals surface area contributed by atoms with Gasteiger partial charge in [-0.3, -0.25) is 9.89 Å². The Bertz CT molecular complexity index is 834. The number of hydrogen-bond acceptors (Lipinski definition) is 4. The topological polar surface area (TPSA) is 90.9 Å². The van der Waals surface area contributed by atoms with Crippen LogP contribution in [0.15, 0.2) is 48.8 Å².